The Morgan fingerprint density at radius 2 is 2.10 bits per heavy atom. The molecule has 0 saturated heterocycles. The van der Waals surface area contributed by atoms with Crippen LogP contribution in [-0.4, -0.2) is 39.2 Å². The number of hydrogen-bond donors (Lipinski definition) is 3. The molecule has 1 unspecified atom stereocenters. The van der Waals surface area contributed by atoms with Gasteiger partial charge in [-0.2, -0.15) is 5.26 Å². The number of rotatable bonds is 6. The van der Waals surface area contributed by atoms with Gasteiger partial charge in [-0.3, -0.25) is 9.59 Å². The monoisotopic (exact) mass is 425 g/mol. The molecular weight excluding hydrogens is 405 g/mol. The average Bonchev–Trinajstić information content (AvgIpc) is 2.74. The quantitative estimate of drug-likeness (QED) is 0.631. The lowest BCUT2D eigenvalue weighted by molar-refractivity contribution is -0.146. The summed E-state index contributed by atoms with van der Waals surface area (Å²) in [6, 6.07) is 7.71. The van der Waals surface area contributed by atoms with E-state index in [4.69, 9.17) is 9.84 Å². The molecule has 1 heterocycles. The van der Waals surface area contributed by atoms with Gasteiger partial charge in [0.1, 0.15) is 6.07 Å². The number of carbonyl (C=O) groups is 2. The van der Waals surface area contributed by atoms with Crippen LogP contribution in [0.15, 0.2) is 30.5 Å². The Hall–Kier alpha value is -3.93. The summed E-state index contributed by atoms with van der Waals surface area (Å²) >= 11 is 0. The predicted octanol–water partition coefficient (Wildman–Crippen LogP) is 1.07. The van der Waals surface area contributed by atoms with Crippen LogP contribution in [0.3, 0.4) is 0 Å². The number of benzene rings is 1. The van der Waals surface area contributed by atoms with Crippen LogP contribution in [-0.2, 0) is 4.79 Å². The Morgan fingerprint density at radius 3 is 2.74 bits per heavy atom. The summed E-state index contributed by atoms with van der Waals surface area (Å²) < 4.78 is 19.6. The molecule has 0 saturated carbocycles. The van der Waals surface area contributed by atoms with Crippen LogP contribution < -0.4 is 20.5 Å². The van der Waals surface area contributed by atoms with E-state index >= 15 is 0 Å². The third-order valence-electron chi connectivity index (χ3n) is 4.92. The fourth-order valence-corrected chi connectivity index (χ4v) is 2.94. The number of nitrogens with one attached hydrogen (secondary N) is 1. The number of halogens is 1. The smallest absolute Gasteiger partial charge is 0.310 e. The third-order valence-corrected chi connectivity index (χ3v) is 4.92. The lowest BCUT2D eigenvalue weighted by Gasteiger charge is -2.26. The molecule has 0 bridgehead atoms. The number of nitriles is 1. The zero-order chi connectivity index (χ0) is 22.8. The number of aromatic nitrogens is 1. The number of fused-ring (bicyclic) bond motifs is 1. The summed E-state index contributed by atoms with van der Waals surface area (Å²) in [5.41, 5.74) is -2.99. The second-order valence-corrected chi connectivity index (χ2v) is 7.78. The number of amides is 1. The van der Waals surface area contributed by atoms with Crippen LogP contribution >= 0.6 is 0 Å². The lowest BCUT2D eigenvalue weighted by atomic mass is 9.93. The van der Waals surface area contributed by atoms with Gasteiger partial charge in [0, 0.05) is 29.6 Å². The van der Waals surface area contributed by atoms with Crippen molar-refractivity contribution in [3.63, 3.8) is 0 Å². The molecule has 1 atom stereocenters. The Morgan fingerprint density at radius 1 is 1.39 bits per heavy atom. The second kappa shape index (κ2) is 8.07. The zero-order valence-electron chi connectivity index (χ0n) is 16.8. The average molecular weight is 425 g/mol. The molecule has 1 aromatic carbocycles. The molecule has 1 aliphatic rings. The number of aliphatic carboxylic acids is 1. The van der Waals surface area contributed by atoms with Gasteiger partial charge in [-0.15, -0.1) is 0 Å². The van der Waals surface area contributed by atoms with E-state index in [0.717, 1.165) is 0 Å². The molecular formula is C22H20FN3O5. The Bertz CT molecular complexity index is 1220. The largest absolute Gasteiger partial charge is 0.505 e. The molecule has 0 fully saturated rings. The molecule has 0 spiro atoms. The topological polar surface area (TPSA) is 133 Å². The number of hydrogen-bond acceptors (Lipinski definition) is 6. The van der Waals surface area contributed by atoms with E-state index < -0.39 is 34.5 Å². The predicted molar refractivity (Wildman–Crippen MR) is 108 cm³/mol. The van der Waals surface area contributed by atoms with E-state index in [0.29, 0.717) is 5.22 Å². The first-order valence-corrected chi connectivity index (χ1v) is 9.36. The highest BCUT2D eigenvalue weighted by molar-refractivity contribution is 5.95. The van der Waals surface area contributed by atoms with E-state index in [2.05, 4.69) is 10.3 Å². The van der Waals surface area contributed by atoms with E-state index in [1.807, 2.05) is 6.07 Å². The van der Waals surface area contributed by atoms with E-state index in [-0.39, 0.29) is 29.6 Å². The van der Waals surface area contributed by atoms with Crippen LogP contribution in [0.4, 0.5) is 4.39 Å². The first kappa shape index (κ1) is 21.8. The number of carboxylic acids is 1. The van der Waals surface area contributed by atoms with Crippen molar-refractivity contribution in [1.82, 2.24) is 10.3 Å². The molecule has 160 valence electrons. The summed E-state index contributed by atoms with van der Waals surface area (Å²) in [6.07, 6.45) is 4.21. The van der Waals surface area contributed by atoms with Crippen molar-refractivity contribution >= 4 is 24.0 Å². The third kappa shape index (κ3) is 4.33. The first-order chi connectivity index (χ1) is 14.6. The fourth-order valence-electron chi connectivity index (χ4n) is 2.94. The number of aromatic hydroxyl groups is 1. The van der Waals surface area contributed by atoms with Gasteiger partial charge in [-0.25, -0.2) is 9.37 Å². The van der Waals surface area contributed by atoms with Crippen LogP contribution in [0.1, 0.15) is 30.8 Å². The molecule has 2 aromatic rings. The Labute approximate surface area is 176 Å². The van der Waals surface area contributed by atoms with Crippen LogP contribution in [0, 0.1) is 22.6 Å². The van der Waals surface area contributed by atoms with Crippen LogP contribution in [0.2, 0.25) is 0 Å². The van der Waals surface area contributed by atoms with Crippen LogP contribution in [0.5, 0.6) is 11.5 Å². The van der Waals surface area contributed by atoms with Gasteiger partial charge in [0.25, 0.3) is 5.91 Å². The molecule has 3 N–H and O–H groups in total. The molecule has 1 aliphatic carbocycles. The van der Waals surface area contributed by atoms with E-state index in [1.165, 1.54) is 50.4 Å². The fraction of sp³-hybridized carbons (Fsp3) is 0.273. The normalized spacial score (nSPS) is 17.4. The SMILES string of the molecule is CC(C)(CNC(=O)c1ncc2c(c1O)=CCC(C#N)(Oc1ccccc1F)C=2)C(=O)O. The molecule has 31 heavy (non-hydrogen) atoms. The van der Waals surface area contributed by atoms with Crippen molar-refractivity contribution in [3.05, 3.63) is 52.4 Å². The molecule has 9 heteroatoms. The van der Waals surface area contributed by atoms with Crippen molar-refractivity contribution in [3.8, 4) is 17.6 Å². The van der Waals surface area contributed by atoms with Crippen molar-refractivity contribution in [2.75, 3.05) is 6.54 Å². The van der Waals surface area contributed by atoms with Crippen LogP contribution in [0.25, 0.3) is 12.2 Å². The highest BCUT2D eigenvalue weighted by atomic mass is 19.1. The number of ether oxygens (including phenoxy) is 1. The molecule has 3 rings (SSSR count). The van der Waals surface area contributed by atoms with Gasteiger partial charge in [0.2, 0.25) is 5.60 Å². The zero-order valence-corrected chi connectivity index (χ0v) is 16.8. The highest BCUT2D eigenvalue weighted by Crippen LogP contribution is 2.27. The summed E-state index contributed by atoms with van der Waals surface area (Å²) in [4.78, 5) is 27.6. The summed E-state index contributed by atoms with van der Waals surface area (Å²) in [5, 5.41) is 32.4. The first-order valence-electron chi connectivity index (χ1n) is 9.36. The highest BCUT2D eigenvalue weighted by Gasteiger charge is 2.33. The summed E-state index contributed by atoms with van der Waals surface area (Å²) in [7, 11) is 0. The van der Waals surface area contributed by atoms with Crippen molar-refractivity contribution < 1.29 is 28.9 Å². The van der Waals surface area contributed by atoms with Gasteiger partial charge >= 0.3 is 5.97 Å². The Kier molecular flexibility index (Phi) is 5.66. The van der Waals surface area contributed by atoms with Crippen molar-refractivity contribution in [2.24, 2.45) is 5.41 Å². The maximum Gasteiger partial charge on any atom is 0.310 e. The van der Waals surface area contributed by atoms with Gasteiger partial charge in [-0.1, -0.05) is 18.2 Å². The Balaban J connectivity index is 1.92. The van der Waals surface area contributed by atoms with Gasteiger partial charge < -0.3 is 20.3 Å². The molecule has 0 radical (unpaired) electrons. The minimum absolute atomic E-state index is 0.00445. The standard InChI is InChI=1S/C22H20FN3O5/c1-21(2,20(29)30)12-26-19(28)17-18(27)14-7-8-22(11-24,9-13(14)10-25-17)31-16-6-4-3-5-15(16)23/h3-7,9-10,27H,8,12H2,1-2H3,(H,26,28)(H,29,30). The molecule has 0 aliphatic heterocycles. The number of pyridine rings is 1. The van der Waals surface area contributed by atoms with Crippen molar-refractivity contribution in [1.29, 1.82) is 5.26 Å². The maximum absolute atomic E-state index is 14.0. The van der Waals surface area contributed by atoms with Gasteiger partial charge in [0.05, 0.1) is 5.41 Å². The minimum Gasteiger partial charge on any atom is -0.505 e. The van der Waals surface area contributed by atoms with Gasteiger partial charge in [-0.05, 0) is 32.1 Å². The van der Waals surface area contributed by atoms with Crippen molar-refractivity contribution in [2.45, 2.75) is 25.9 Å². The maximum atomic E-state index is 14.0. The number of carbonyl (C=O) groups excluding carboxylic acids is 1. The molecule has 1 amide bonds. The molecule has 8 nitrogen and oxygen atoms in total. The van der Waals surface area contributed by atoms with E-state index in [1.54, 1.807) is 6.07 Å². The molecule has 1 aromatic heterocycles. The number of para-hydroxylation sites is 1. The number of carboxylic acid groups (broad SMARTS) is 1. The second-order valence-electron chi connectivity index (χ2n) is 7.78. The minimum atomic E-state index is -1.52. The number of nitrogens with zero attached hydrogens (tertiary/aromatic N) is 2. The lowest BCUT2D eigenvalue weighted by Crippen LogP contribution is -2.43. The van der Waals surface area contributed by atoms with Gasteiger partial charge in [0.15, 0.2) is 23.0 Å². The van der Waals surface area contributed by atoms with E-state index in [9.17, 15) is 24.3 Å². The summed E-state index contributed by atoms with van der Waals surface area (Å²) in [6.45, 7) is 2.74. The summed E-state index contributed by atoms with van der Waals surface area (Å²) in [5.74, 6) is -2.93.